The third-order valence-electron chi connectivity index (χ3n) is 3.17. The molecular weight excluding hydrogens is 248 g/mol. The molecule has 2 unspecified atom stereocenters. The number of fused-ring (bicyclic) bond motifs is 1. The van der Waals surface area contributed by atoms with E-state index in [2.05, 4.69) is 22.2 Å². The highest BCUT2D eigenvalue weighted by Gasteiger charge is 2.26. The number of nitrogens with one attached hydrogen (secondary N) is 1. The number of anilines is 1. The van der Waals surface area contributed by atoms with Crippen LogP contribution in [-0.4, -0.2) is 39.4 Å². The quantitative estimate of drug-likeness (QED) is 0.919. The average molecular weight is 264 g/mol. The number of hydrogen-bond donors (Lipinski definition) is 1. The lowest BCUT2D eigenvalue weighted by molar-refractivity contribution is 0.127. The Morgan fingerprint density at radius 3 is 3.17 bits per heavy atom. The number of aromatic nitrogens is 3. The highest BCUT2D eigenvalue weighted by molar-refractivity contribution is 8.00. The minimum Gasteiger partial charge on any atom is -0.377 e. The molecule has 6 heteroatoms. The molecule has 1 saturated heterocycles. The minimum absolute atomic E-state index is 0.282. The molecule has 2 aromatic rings. The van der Waals surface area contributed by atoms with E-state index in [1.165, 1.54) is 0 Å². The van der Waals surface area contributed by atoms with E-state index in [-0.39, 0.29) is 6.10 Å². The van der Waals surface area contributed by atoms with E-state index >= 15 is 0 Å². The van der Waals surface area contributed by atoms with Gasteiger partial charge in [-0.3, -0.25) is 0 Å². The van der Waals surface area contributed by atoms with Gasteiger partial charge in [-0.05, 0) is 13.3 Å². The number of hydrogen-bond acceptors (Lipinski definition) is 5. The van der Waals surface area contributed by atoms with Gasteiger partial charge in [-0.25, -0.2) is 9.97 Å². The molecule has 3 heterocycles. The Labute approximate surface area is 110 Å². The van der Waals surface area contributed by atoms with Crippen molar-refractivity contribution in [2.45, 2.75) is 29.7 Å². The summed E-state index contributed by atoms with van der Waals surface area (Å²) in [6.45, 7) is 2.96. The van der Waals surface area contributed by atoms with E-state index in [1.807, 2.05) is 23.8 Å². The second kappa shape index (κ2) is 4.78. The van der Waals surface area contributed by atoms with Crippen LogP contribution in [0.15, 0.2) is 23.6 Å². The molecule has 0 saturated carbocycles. The number of nitrogens with zero attached hydrogens (tertiary/aromatic N) is 3. The second-order valence-corrected chi connectivity index (χ2v) is 5.59. The van der Waals surface area contributed by atoms with Crippen LogP contribution in [0.4, 0.5) is 5.82 Å². The van der Waals surface area contributed by atoms with Crippen molar-refractivity contribution in [2.75, 3.05) is 19.0 Å². The zero-order valence-electron chi connectivity index (χ0n) is 10.5. The van der Waals surface area contributed by atoms with Gasteiger partial charge in [0, 0.05) is 31.3 Å². The molecule has 0 amide bonds. The molecule has 18 heavy (non-hydrogen) atoms. The first kappa shape index (κ1) is 11.8. The first-order valence-corrected chi connectivity index (χ1v) is 6.95. The molecule has 1 N–H and O–H groups in total. The molecule has 1 aliphatic rings. The van der Waals surface area contributed by atoms with Crippen LogP contribution in [0.1, 0.15) is 13.3 Å². The van der Waals surface area contributed by atoms with Crippen LogP contribution in [0, 0.1) is 0 Å². The zero-order chi connectivity index (χ0) is 12.5. The van der Waals surface area contributed by atoms with Crippen LogP contribution >= 0.6 is 11.8 Å². The summed E-state index contributed by atoms with van der Waals surface area (Å²) in [7, 11) is 1.88. The van der Waals surface area contributed by atoms with E-state index in [4.69, 9.17) is 4.74 Å². The second-order valence-electron chi connectivity index (χ2n) is 4.36. The topological polar surface area (TPSA) is 51.5 Å². The van der Waals surface area contributed by atoms with Crippen molar-refractivity contribution < 1.29 is 4.74 Å². The molecule has 1 fully saturated rings. The maximum Gasteiger partial charge on any atom is 0.169 e. The zero-order valence-corrected chi connectivity index (χ0v) is 11.3. The monoisotopic (exact) mass is 264 g/mol. The van der Waals surface area contributed by atoms with Crippen molar-refractivity contribution in [3.05, 3.63) is 18.6 Å². The maximum atomic E-state index is 5.60. The Balaban J connectivity index is 1.96. The summed E-state index contributed by atoms with van der Waals surface area (Å²) in [5.41, 5.74) is 0.915. The van der Waals surface area contributed by atoms with Crippen molar-refractivity contribution in [1.82, 2.24) is 14.4 Å². The molecule has 0 aromatic carbocycles. The van der Waals surface area contributed by atoms with Gasteiger partial charge in [-0.2, -0.15) is 0 Å². The summed E-state index contributed by atoms with van der Waals surface area (Å²) >= 11 is 1.76. The van der Waals surface area contributed by atoms with Crippen molar-refractivity contribution in [2.24, 2.45) is 0 Å². The highest BCUT2D eigenvalue weighted by Crippen LogP contribution is 2.33. The van der Waals surface area contributed by atoms with Gasteiger partial charge in [-0.1, -0.05) is 11.8 Å². The fourth-order valence-electron chi connectivity index (χ4n) is 2.11. The number of ether oxygens (including phenoxy) is 1. The summed E-state index contributed by atoms with van der Waals surface area (Å²) in [6, 6.07) is 0. The largest absolute Gasteiger partial charge is 0.377 e. The number of imidazole rings is 1. The van der Waals surface area contributed by atoms with Crippen molar-refractivity contribution in [3.63, 3.8) is 0 Å². The van der Waals surface area contributed by atoms with E-state index in [0.29, 0.717) is 5.25 Å². The average Bonchev–Trinajstić information content (AvgIpc) is 2.98. The van der Waals surface area contributed by atoms with Crippen LogP contribution < -0.4 is 5.32 Å². The Kier molecular flexibility index (Phi) is 3.13. The third-order valence-corrected chi connectivity index (χ3v) is 4.59. The smallest absolute Gasteiger partial charge is 0.169 e. The maximum absolute atomic E-state index is 5.60. The Morgan fingerprint density at radius 1 is 1.56 bits per heavy atom. The van der Waals surface area contributed by atoms with E-state index in [9.17, 15) is 0 Å². The highest BCUT2D eigenvalue weighted by atomic mass is 32.2. The van der Waals surface area contributed by atoms with Crippen molar-refractivity contribution in [3.8, 4) is 0 Å². The third kappa shape index (κ3) is 2.06. The van der Waals surface area contributed by atoms with Crippen LogP contribution in [-0.2, 0) is 4.74 Å². The SMILES string of the molecule is CNc1cn2ccnc2c(SC2CCOC2C)n1. The fraction of sp³-hybridized carbons (Fsp3) is 0.500. The summed E-state index contributed by atoms with van der Waals surface area (Å²) in [4.78, 5) is 8.97. The Bertz CT molecular complexity index is 556. The lowest BCUT2D eigenvalue weighted by Gasteiger charge is -2.14. The fourth-order valence-corrected chi connectivity index (χ4v) is 3.30. The molecule has 3 rings (SSSR count). The predicted molar refractivity (Wildman–Crippen MR) is 72.2 cm³/mol. The van der Waals surface area contributed by atoms with Gasteiger partial charge >= 0.3 is 0 Å². The van der Waals surface area contributed by atoms with E-state index < -0.39 is 0 Å². The van der Waals surface area contributed by atoms with E-state index in [1.54, 1.807) is 18.0 Å². The van der Waals surface area contributed by atoms with Crippen molar-refractivity contribution in [1.29, 1.82) is 0 Å². The van der Waals surface area contributed by atoms with Crippen LogP contribution in [0.3, 0.4) is 0 Å². The lowest BCUT2D eigenvalue weighted by Crippen LogP contribution is -2.14. The molecule has 2 atom stereocenters. The molecular formula is C12H16N4OS. The van der Waals surface area contributed by atoms with Gasteiger partial charge in [0.15, 0.2) is 5.65 Å². The number of rotatable bonds is 3. The summed E-state index contributed by atoms with van der Waals surface area (Å²) in [6.07, 6.45) is 7.04. The van der Waals surface area contributed by atoms with Crippen molar-refractivity contribution >= 4 is 23.2 Å². The summed E-state index contributed by atoms with van der Waals surface area (Å²) in [5, 5.41) is 4.51. The molecule has 0 bridgehead atoms. The number of thioether (sulfide) groups is 1. The predicted octanol–water partition coefficient (Wildman–Crippen LogP) is 2.04. The minimum atomic E-state index is 0.282. The normalized spacial score (nSPS) is 23.7. The Morgan fingerprint density at radius 2 is 2.44 bits per heavy atom. The molecule has 1 aliphatic heterocycles. The van der Waals surface area contributed by atoms with Gasteiger partial charge in [0.25, 0.3) is 0 Å². The van der Waals surface area contributed by atoms with Crippen LogP contribution in [0.5, 0.6) is 0 Å². The van der Waals surface area contributed by atoms with E-state index in [0.717, 1.165) is 29.5 Å². The first-order chi connectivity index (χ1) is 8.78. The Hall–Kier alpha value is -1.27. The molecule has 5 nitrogen and oxygen atoms in total. The van der Waals surface area contributed by atoms with Crippen LogP contribution in [0.25, 0.3) is 5.65 Å². The molecule has 0 aliphatic carbocycles. The molecule has 2 aromatic heterocycles. The van der Waals surface area contributed by atoms with Gasteiger partial charge < -0.3 is 14.5 Å². The molecule has 0 radical (unpaired) electrons. The first-order valence-electron chi connectivity index (χ1n) is 6.07. The summed E-state index contributed by atoms with van der Waals surface area (Å²) < 4.78 is 7.60. The van der Waals surface area contributed by atoms with Gasteiger partial charge in [0.1, 0.15) is 10.8 Å². The molecule has 0 spiro atoms. The lowest BCUT2D eigenvalue weighted by atomic mass is 10.3. The summed E-state index contributed by atoms with van der Waals surface area (Å²) in [5.74, 6) is 0.856. The van der Waals surface area contributed by atoms with Gasteiger partial charge in [-0.15, -0.1) is 0 Å². The van der Waals surface area contributed by atoms with Crippen LogP contribution in [0.2, 0.25) is 0 Å². The van der Waals surface area contributed by atoms with Gasteiger partial charge in [0.2, 0.25) is 0 Å². The molecule has 96 valence electrons. The van der Waals surface area contributed by atoms with Gasteiger partial charge in [0.05, 0.1) is 12.3 Å². The standard InChI is InChI=1S/C12H16N4OS/c1-8-9(3-6-17-8)18-12-11-14-4-5-16(11)7-10(13-2)15-12/h4-5,7-9,13H,3,6H2,1-2H3.